The molecule has 0 aliphatic carbocycles. The Morgan fingerprint density at radius 2 is 2.10 bits per heavy atom. The fourth-order valence-electron chi connectivity index (χ4n) is 1.86. The van der Waals surface area contributed by atoms with E-state index in [2.05, 4.69) is 10.1 Å². The average Bonchev–Trinajstić information content (AvgIpc) is 2.96. The number of aromatic nitrogens is 2. The molecule has 6 nitrogen and oxygen atoms in total. The number of aliphatic hydroxyl groups is 1. The largest absolute Gasteiger partial charge is 0.497 e. The van der Waals surface area contributed by atoms with Crippen LogP contribution in [0.3, 0.4) is 0 Å². The van der Waals surface area contributed by atoms with Crippen LogP contribution in [0.15, 0.2) is 22.7 Å². The van der Waals surface area contributed by atoms with Gasteiger partial charge in [0.25, 0.3) is 5.89 Å². The Bertz CT molecular complexity index is 568. The molecule has 0 spiro atoms. The fraction of sp³-hybridized carbons (Fsp3) is 0.429. The van der Waals surface area contributed by atoms with Gasteiger partial charge in [-0.05, 0) is 24.6 Å². The van der Waals surface area contributed by atoms with Crippen LogP contribution >= 0.6 is 0 Å². The van der Waals surface area contributed by atoms with E-state index in [0.717, 1.165) is 6.42 Å². The van der Waals surface area contributed by atoms with E-state index in [4.69, 9.17) is 14.0 Å². The lowest BCUT2D eigenvalue weighted by atomic mass is 10.2. The summed E-state index contributed by atoms with van der Waals surface area (Å²) in [7, 11) is 3.14. The van der Waals surface area contributed by atoms with E-state index in [-0.39, 0.29) is 5.82 Å². The lowest BCUT2D eigenvalue weighted by Crippen LogP contribution is -1.99. The number of hydrogen-bond acceptors (Lipinski definition) is 6. The lowest BCUT2D eigenvalue weighted by Gasteiger charge is -2.07. The minimum atomic E-state index is -0.714. The molecule has 0 aliphatic heterocycles. The Morgan fingerprint density at radius 1 is 1.30 bits per heavy atom. The lowest BCUT2D eigenvalue weighted by molar-refractivity contribution is 0.153. The molecule has 1 N–H and O–H groups in total. The Hall–Kier alpha value is -2.08. The Labute approximate surface area is 117 Å². The molecule has 0 amide bonds. The zero-order chi connectivity index (χ0) is 14.5. The van der Waals surface area contributed by atoms with E-state index < -0.39 is 6.10 Å². The number of ether oxygens (including phenoxy) is 2. The van der Waals surface area contributed by atoms with Crippen molar-refractivity contribution in [2.45, 2.75) is 25.9 Å². The van der Waals surface area contributed by atoms with Crippen LogP contribution in [-0.4, -0.2) is 29.5 Å². The molecular formula is C14H18N2O4. The fourth-order valence-corrected chi connectivity index (χ4v) is 1.86. The molecule has 0 saturated heterocycles. The van der Waals surface area contributed by atoms with Crippen molar-refractivity contribution in [3.63, 3.8) is 0 Å². The molecule has 0 radical (unpaired) electrons. The van der Waals surface area contributed by atoms with Crippen molar-refractivity contribution >= 4 is 0 Å². The summed E-state index contributed by atoms with van der Waals surface area (Å²) in [6.45, 7) is 1.98. The Kier molecular flexibility index (Phi) is 4.57. The van der Waals surface area contributed by atoms with Crippen LogP contribution in [0.5, 0.6) is 11.5 Å². The van der Waals surface area contributed by atoms with Crippen LogP contribution in [0.2, 0.25) is 0 Å². The minimum Gasteiger partial charge on any atom is -0.497 e. The third-order valence-electron chi connectivity index (χ3n) is 2.94. The van der Waals surface area contributed by atoms with Gasteiger partial charge in [-0.3, -0.25) is 0 Å². The molecule has 2 aromatic rings. The number of nitrogens with zero attached hydrogens (tertiary/aromatic N) is 2. The van der Waals surface area contributed by atoms with Gasteiger partial charge in [0.15, 0.2) is 0 Å². The number of rotatable bonds is 6. The first kappa shape index (κ1) is 14.3. The van der Waals surface area contributed by atoms with Crippen LogP contribution in [0, 0.1) is 0 Å². The summed E-state index contributed by atoms with van der Waals surface area (Å²) in [6.07, 6.45) is 0.718. The van der Waals surface area contributed by atoms with E-state index in [1.165, 1.54) is 0 Å². The van der Waals surface area contributed by atoms with Gasteiger partial charge in [-0.25, -0.2) is 0 Å². The van der Waals surface area contributed by atoms with Crippen molar-refractivity contribution in [2.75, 3.05) is 14.2 Å². The van der Waals surface area contributed by atoms with Gasteiger partial charge in [0.2, 0.25) is 5.82 Å². The molecule has 2 rings (SSSR count). The number of methoxy groups -OCH3 is 2. The molecule has 1 aromatic heterocycles. The Balaban J connectivity index is 2.35. The predicted octanol–water partition coefficient (Wildman–Crippen LogP) is 2.59. The summed E-state index contributed by atoms with van der Waals surface area (Å²) in [6, 6.07) is 5.30. The predicted molar refractivity (Wildman–Crippen MR) is 72.7 cm³/mol. The summed E-state index contributed by atoms with van der Waals surface area (Å²) < 4.78 is 15.6. The maximum atomic E-state index is 9.87. The summed E-state index contributed by atoms with van der Waals surface area (Å²) in [5.74, 6) is 1.85. The second-order valence-corrected chi connectivity index (χ2v) is 4.33. The topological polar surface area (TPSA) is 77.6 Å². The molecule has 1 heterocycles. The van der Waals surface area contributed by atoms with E-state index >= 15 is 0 Å². The van der Waals surface area contributed by atoms with Crippen LogP contribution in [-0.2, 0) is 0 Å². The van der Waals surface area contributed by atoms with Crippen molar-refractivity contribution in [1.82, 2.24) is 10.1 Å². The Morgan fingerprint density at radius 3 is 2.75 bits per heavy atom. The first-order chi connectivity index (χ1) is 9.69. The van der Waals surface area contributed by atoms with Gasteiger partial charge in [-0.15, -0.1) is 0 Å². The monoisotopic (exact) mass is 278 g/mol. The van der Waals surface area contributed by atoms with Crippen molar-refractivity contribution in [1.29, 1.82) is 0 Å². The molecule has 108 valence electrons. The van der Waals surface area contributed by atoms with Gasteiger partial charge in [0, 0.05) is 0 Å². The normalized spacial score (nSPS) is 12.2. The van der Waals surface area contributed by atoms with Gasteiger partial charge in [-0.1, -0.05) is 18.5 Å². The standard InChI is InChI=1S/C14H18N2O4/c1-4-5-11(17)13-15-14(20-16-13)10-8-9(18-2)6-7-12(10)19-3/h6-8,11,17H,4-5H2,1-3H3. The van der Waals surface area contributed by atoms with Gasteiger partial charge in [-0.2, -0.15) is 4.98 Å². The van der Waals surface area contributed by atoms with Crippen LogP contribution in [0.1, 0.15) is 31.7 Å². The summed E-state index contributed by atoms with van der Waals surface area (Å²) >= 11 is 0. The highest BCUT2D eigenvalue weighted by Crippen LogP contribution is 2.33. The molecular weight excluding hydrogens is 260 g/mol. The van der Waals surface area contributed by atoms with E-state index in [9.17, 15) is 5.11 Å². The van der Waals surface area contributed by atoms with Crippen LogP contribution < -0.4 is 9.47 Å². The second-order valence-electron chi connectivity index (χ2n) is 4.33. The molecule has 0 aliphatic rings. The highest BCUT2D eigenvalue weighted by atomic mass is 16.5. The van der Waals surface area contributed by atoms with Crippen molar-refractivity contribution < 1.29 is 19.1 Å². The number of benzene rings is 1. The zero-order valence-corrected chi connectivity index (χ0v) is 11.8. The highest BCUT2D eigenvalue weighted by molar-refractivity contribution is 5.65. The third kappa shape index (κ3) is 2.91. The molecule has 0 bridgehead atoms. The SMILES string of the molecule is CCCC(O)c1noc(-c2cc(OC)ccc2OC)n1. The molecule has 6 heteroatoms. The molecule has 1 atom stereocenters. The minimum absolute atomic E-state index is 0.284. The van der Waals surface area contributed by atoms with Gasteiger partial charge < -0.3 is 19.1 Å². The summed E-state index contributed by atoms with van der Waals surface area (Å²) in [5.41, 5.74) is 0.634. The highest BCUT2D eigenvalue weighted by Gasteiger charge is 2.18. The molecule has 0 fully saturated rings. The second kappa shape index (κ2) is 6.38. The smallest absolute Gasteiger partial charge is 0.261 e. The quantitative estimate of drug-likeness (QED) is 0.875. The van der Waals surface area contributed by atoms with E-state index in [1.54, 1.807) is 32.4 Å². The summed E-state index contributed by atoms with van der Waals surface area (Å²) in [5, 5.41) is 13.7. The first-order valence-corrected chi connectivity index (χ1v) is 6.43. The maximum Gasteiger partial charge on any atom is 0.261 e. The molecule has 20 heavy (non-hydrogen) atoms. The van der Waals surface area contributed by atoms with Gasteiger partial charge in [0.1, 0.15) is 17.6 Å². The summed E-state index contributed by atoms with van der Waals surface area (Å²) in [4.78, 5) is 4.22. The number of aliphatic hydroxyl groups excluding tert-OH is 1. The number of hydrogen-bond donors (Lipinski definition) is 1. The molecule has 1 unspecified atom stereocenters. The zero-order valence-electron chi connectivity index (χ0n) is 11.8. The average molecular weight is 278 g/mol. The van der Waals surface area contributed by atoms with Crippen LogP contribution in [0.25, 0.3) is 11.5 Å². The van der Waals surface area contributed by atoms with Crippen molar-refractivity contribution in [2.24, 2.45) is 0 Å². The van der Waals surface area contributed by atoms with Crippen molar-refractivity contribution in [3.8, 4) is 23.0 Å². The third-order valence-corrected chi connectivity index (χ3v) is 2.94. The molecule has 0 saturated carbocycles. The van der Waals surface area contributed by atoms with Gasteiger partial charge in [0.05, 0.1) is 19.8 Å². The first-order valence-electron chi connectivity index (χ1n) is 6.43. The maximum absolute atomic E-state index is 9.87. The molecule has 1 aromatic carbocycles. The van der Waals surface area contributed by atoms with E-state index in [1.807, 2.05) is 6.92 Å². The van der Waals surface area contributed by atoms with Crippen molar-refractivity contribution in [3.05, 3.63) is 24.0 Å². The van der Waals surface area contributed by atoms with E-state index in [0.29, 0.717) is 29.4 Å². The van der Waals surface area contributed by atoms with Gasteiger partial charge >= 0.3 is 0 Å². The van der Waals surface area contributed by atoms with Crippen LogP contribution in [0.4, 0.5) is 0 Å².